The van der Waals surface area contributed by atoms with Crippen molar-refractivity contribution < 1.29 is 9.53 Å². The smallest absolute Gasteiger partial charge is 0.407 e. The molecule has 2 rings (SSSR count). The highest BCUT2D eigenvalue weighted by Crippen LogP contribution is 2.14. The van der Waals surface area contributed by atoms with Crippen molar-refractivity contribution in [3.63, 3.8) is 0 Å². The number of nitrogens with zero attached hydrogens (tertiary/aromatic N) is 1. The Morgan fingerprint density at radius 1 is 1.14 bits per heavy atom. The van der Waals surface area contributed by atoms with Gasteiger partial charge in [0.2, 0.25) is 0 Å². The zero-order valence-electron chi connectivity index (χ0n) is 12.6. The molecule has 5 heteroatoms. The lowest BCUT2D eigenvalue weighted by atomic mass is 10.2. The number of carbonyl (C=O) groups is 1. The Kier molecular flexibility index (Phi) is 4.62. The number of amides is 1. The largest absolute Gasteiger partial charge is 0.444 e. The van der Waals surface area contributed by atoms with Gasteiger partial charge in [0, 0.05) is 18.5 Å². The van der Waals surface area contributed by atoms with E-state index in [0.717, 1.165) is 16.7 Å². The van der Waals surface area contributed by atoms with E-state index in [2.05, 4.69) is 15.6 Å². The maximum atomic E-state index is 11.5. The van der Waals surface area contributed by atoms with E-state index >= 15 is 0 Å². The van der Waals surface area contributed by atoms with Gasteiger partial charge in [-0.1, -0.05) is 18.2 Å². The molecule has 0 aliphatic carbocycles. The summed E-state index contributed by atoms with van der Waals surface area (Å²) >= 11 is 0. The van der Waals surface area contributed by atoms with Crippen LogP contribution in [-0.4, -0.2) is 29.8 Å². The molecule has 1 aromatic heterocycles. The van der Waals surface area contributed by atoms with Crippen LogP contribution >= 0.6 is 0 Å². The van der Waals surface area contributed by atoms with Crippen LogP contribution in [0.2, 0.25) is 0 Å². The van der Waals surface area contributed by atoms with E-state index < -0.39 is 11.7 Å². The molecule has 0 aliphatic heterocycles. The molecule has 5 nitrogen and oxygen atoms in total. The summed E-state index contributed by atoms with van der Waals surface area (Å²) in [7, 11) is 0. The second-order valence-electron chi connectivity index (χ2n) is 5.74. The van der Waals surface area contributed by atoms with Gasteiger partial charge in [0.15, 0.2) is 0 Å². The van der Waals surface area contributed by atoms with Crippen molar-refractivity contribution in [1.82, 2.24) is 10.3 Å². The number of pyridine rings is 1. The third-order valence-corrected chi connectivity index (χ3v) is 2.70. The molecule has 0 atom stereocenters. The van der Waals surface area contributed by atoms with Crippen LogP contribution in [0.3, 0.4) is 0 Å². The SMILES string of the molecule is CC(C)(C)OC(=O)NCCNc1ccc2ccccc2n1. The Bertz CT molecular complexity index is 620. The molecule has 0 saturated carbocycles. The monoisotopic (exact) mass is 287 g/mol. The average molecular weight is 287 g/mol. The molecular formula is C16H21N3O2. The number of hydrogen-bond acceptors (Lipinski definition) is 4. The summed E-state index contributed by atoms with van der Waals surface area (Å²) in [5.74, 6) is 0.791. The van der Waals surface area contributed by atoms with Crippen molar-refractivity contribution in [3.8, 4) is 0 Å². The lowest BCUT2D eigenvalue weighted by molar-refractivity contribution is 0.0530. The van der Waals surface area contributed by atoms with Crippen LogP contribution < -0.4 is 10.6 Å². The molecule has 0 unspecified atom stereocenters. The number of benzene rings is 1. The van der Waals surface area contributed by atoms with Crippen LogP contribution in [0.1, 0.15) is 20.8 Å². The summed E-state index contributed by atoms with van der Waals surface area (Å²) in [6.07, 6.45) is -0.407. The molecule has 112 valence electrons. The highest BCUT2D eigenvalue weighted by Gasteiger charge is 2.15. The van der Waals surface area contributed by atoms with E-state index in [0.29, 0.717) is 13.1 Å². The first kappa shape index (κ1) is 15.1. The lowest BCUT2D eigenvalue weighted by Gasteiger charge is -2.19. The zero-order valence-corrected chi connectivity index (χ0v) is 12.6. The molecule has 1 aromatic carbocycles. The molecule has 0 fully saturated rings. The second kappa shape index (κ2) is 6.43. The molecule has 1 amide bonds. The maximum Gasteiger partial charge on any atom is 0.407 e. The van der Waals surface area contributed by atoms with Crippen LogP contribution in [-0.2, 0) is 4.74 Å². The van der Waals surface area contributed by atoms with Gasteiger partial charge in [-0.2, -0.15) is 0 Å². The van der Waals surface area contributed by atoms with Gasteiger partial charge < -0.3 is 15.4 Å². The van der Waals surface area contributed by atoms with Crippen LogP contribution in [0, 0.1) is 0 Å². The van der Waals surface area contributed by atoms with Crippen LogP contribution in [0.15, 0.2) is 36.4 Å². The van der Waals surface area contributed by atoms with Crippen molar-refractivity contribution in [2.24, 2.45) is 0 Å². The van der Waals surface area contributed by atoms with Crippen molar-refractivity contribution in [2.45, 2.75) is 26.4 Å². The second-order valence-corrected chi connectivity index (χ2v) is 5.74. The van der Waals surface area contributed by atoms with Crippen molar-refractivity contribution in [1.29, 1.82) is 0 Å². The first-order chi connectivity index (χ1) is 9.94. The zero-order chi connectivity index (χ0) is 15.3. The Balaban J connectivity index is 1.79. The lowest BCUT2D eigenvalue weighted by Crippen LogP contribution is -2.35. The number of ether oxygens (including phenoxy) is 1. The maximum absolute atomic E-state index is 11.5. The fraction of sp³-hybridized carbons (Fsp3) is 0.375. The minimum absolute atomic E-state index is 0.407. The highest BCUT2D eigenvalue weighted by atomic mass is 16.6. The van der Waals surface area contributed by atoms with E-state index in [1.165, 1.54) is 0 Å². The molecular weight excluding hydrogens is 266 g/mol. The Morgan fingerprint density at radius 3 is 2.67 bits per heavy atom. The number of anilines is 1. The number of hydrogen-bond donors (Lipinski definition) is 2. The van der Waals surface area contributed by atoms with Gasteiger partial charge in [-0.25, -0.2) is 9.78 Å². The van der Waals surface area contributed by atoms with E-state index in [9.17, 15) is 4.79 Å². The van der Waals surface area contributed by atoms with E-state index in [-0.39, 0.29) is 0 Å². The molecule has 2 N–H and O–H groups in total. The van der Waals surface area contributed by atoms with Crippen molar-refractivity contribution in [2.75, 3.05) is 18.4 Å². The first-order valence-electron chi connectivity index (χ1n) is 7.00. The Hall–Kier alpha value is -2.30. The van der Waals surface area contributed by atoms with Crippen molar-refractivity contribution >= 4 is 22.8 Å². The number of nitrogens with one attached hydrogen (secondary N) is 2. The molecule has 0 saturated heterocycles. The van der Waals surface area contributed by atoms with Gasteiger partial charge in [0.1, 0.15) is 11.4 Å². The fourth-order valence-electron chi connectivity index (χ4n) is 1.83. The number of fused-ring (bicyclic) bond motifs is 1. The Morgan fingerprint density at radius 2 is 1.90 bits per heavy atom. The summed E-state index contributed by atoms with van der Waals surface area (Å²) in [6, 6.07) is 11.9. The van der Waals surface area contributed by atoms with E-state index in [1.54, 1.807) is 0 Å². The Labute approximate surface area is 124 Å². The van der Waals surface area contributed by atoms with Gasteiger partial charge in [0.05, 0.1) is 5.52 Å². The molecule has 0 aliphatic rings. The predicted octanol–water partition coefficient (Wildman–Crippen LogP) is 3.17. The summed E-state index contributed by atoms with van der Waals surface area (Å²) in [4.78, 5) is 16.0. The van der Waals surface area contributed by atoms with Gasteiger partial charge in [-0.15, -0.1) is 0 Å². The van der Waals surface area contributed by atoms with Crippen LogP contribution in [0.4, 0.5) is 10.6 Å². The first-order valence-corrected chi connectivity index (χ1v) is 7.00. The molecule has 21 heavy (non-hydrogen) atoms. The van der Waals surface area contributed by atoms with E-state index in [4.69, 9.17) is 4.74 Å². The van der Waals surface area contributed by atoms with Crippen LogP contribution in [0.5, 0.6) is 0 Å². The number of aromatic nitrogens is 1. The predicted molar refractivity (Wildman–Crippen MR) is 84.5 cm³/mol. The molecule has 0 radical (unpaired) electrons. The number of alkyl carbamates (subject to hydrolysis) is 1. The summed E-state index contributed by atoms with van der Waals surface area (Å²) in [5, 5.41) is 6.98. The van der Waals surface area contributed by atoms with Gasteiger partial charge >= 0.3 is 6.09 Å². The number of para-hydroxylation sites is 1. The minimum atomic E-state index is -0.475. The van der Waals surface area contributed by atoms with Gasteiger partial charge in [0.25, 0.3) is 0 Å². The summed E-state index contributed by atoms with van der Waals surface area (Å²) < 4.78 is 5.15. The average Bonchev–Trinajstić information content (AvgIpc) is 2.41. The molecule has 2 aromatic rings. The highest BCUT2D eigenvalue weighted by molar-refractivity contribution is 5.80. The van der Waals surface area contributed by atoms with Crippen LogP contribution in [0.25, 0.3) is 10.9 Å². The third-order valence-electron chi connectivity index (χ3n) is 2.70. The molecule has 0 bridgehead atoms. The quantitative estimate of drug-likeness (QED) is 0.848. The summed E-state index contributed by atoms with van der Waals surface area (Å²) in [5.41, 5.74) is 0.472. The van der Waals surface area contributed by atoms with Gasteiger partial charge in [-0.05, 0) is 39.0 Å². The fourth-order valence-corrected chi connectivity index (χ4v) is 1.83. The number of rotatable bonds is 4. The minimum Gasteiger partial charge on any atom is -0.444 e. The molecule has 1 heterocycles. The van der Waals surface area contributed by atoms with Gasteiger partial charge in [-0.3, -0.25) is 0 Å². The normalized spacial score (nSPS) is 11.2. The van der Waals surface area contributed by atoms with E-state index in [1.807, 2.05) is 57.2 Å². The standard InChI is InChI=1S/C16H21N3O2/c1-16(2,3)21-15(20)18-11-10-17-14-9-8-12-6-4-5-7-13(12)19-14/h4-9H,10-11H2,1-3H3,(H,17,19)(H,18,20). The van der Waals surface area contributed by atoms with Crippen molar-refractivity contribution in [3.05, 3.63) is 36.4 Å². The number of carbonyl (C=O) groups excluding carboxylic acids is 1. The third kappa shape index (κ3) is 4.95. The summed E-state index contributed by atoms with van der Waals surface area (Å²) in [6.45, 7) is 6.57. The topological polar surface area (TPSA) is 63.2 Å². The molecule has 0 spiro atoms.